The summed E-state index contributed by atoms with van der Waals surface area (Å²) in [5, 5.41) is 8.55. The molecule has 4 rings (SSSR count). The van der Waals surface area contributed by atoms with Crippen molar-refractivity contribution in [1.82, 2.24) is 9.78 Å². The first-order valence-electron chi connectivity index (χ1n) is 11.3. The number of hydrogen-bond acceptors (Lipinski definition) is 9. The van der Waals surface area contributed by atoms with Gasteiger partial charge in [-0.05, 0) is 37.6 Å². The Morgan fingerprint density at radius 3 is 2.51 bits per heavy atom. The first-order valence-corrected chi connectivity index (χ1v) is 12.2. The van der Waals surface area contributed by atoms with Crippen LogP contribution in [0.1, 0.15) is 39.1 Å². The van der Waals surface area contributed by atoms with Gasteiger partial charge in [-0.3, -0.25) is 9.59 Å². The predicted molar refractivity (Wildman–Crippen MR) is 136 cm³/mol. The van der Waals surface area contributed by atoms with Crippen LogP contribution in [-0.4, -0.2) is 40.8 Å². The second-order valence-electron chi connectivity index (χ2n) is 7.81. The van der Waals surface area contributed by atoms with Crippen LogP contribution < -0.4 is 10.9 Å². The Morgan fingerprint density at radius 1 is 1.03 bits per heavy atom. The first kappa shape index (κ1) is 25.6. The number of aromatic nitrogens is 2. The Bertz CT molecular complexity index is 1490. The minimum absolute atomic E-state index is 0.123. The molecule has 0 aliphatic heterocycles. The van der Waals surface area contributed by atoms with Gasteiger partial charge >= 0.3 is 11.9 Å². The smallest absolute Gasteiger partial charge is 0.359 e. The van der Waals surface area contributed by atoms with Crippen LogP contribution in [0.25, 0.3) is 11.3 Å². The second kappa shape index (κ2) is 11.5. The Hall–Kier alpha value is -4.51. The fourth-order valence-corrected chi connectivity index (χ4v) is 4.37. The van der Waals surface area contributed by atoms with Crippen molar-refractivity contribution >= 4 is 34.2 Å². The highest BCUT2D eigenvalue weighted by molar-refractivity contribution is 7.15. The van der Waals surface area contributed by atoms with Gasteiger partial charge in [0.15, 0.2) is 12.3 Å². The van der Waals surface area contributed by atoms with Crippen LogP contribution in [0.2, 0.25) is 0 Å². The van der Waals surface area contributed by atoms with Crippen LogP contribution in [0.5, 0.6) is 0 Å². The van der Waals surface area contributed by atoms with Crippen molar-refractivity contribution in [2.45, 2.75) is 20.4 Å². The van der Waals surface area contributed by atoms with Gasteiger partial charge in [-0.1, -0.05) is 30.3 Å². The molecule has 3 heterocycles. The Labute approximate surface area is 215 Å². The molecule has 0 saturated heterocycles. The van der Waals surface area contributed by atoms with Crippen LogP contribution >= 0.6 is 11.3 Å². The highest BCUT2D eigenvalue weighted by Gasteiger charge is 2.25. The number of nitrogens with zero attached hydrogens (tertiary/aromatic N) is 2. The zero-order chi connectivity index (χ0) is 26.4. The van der Waals surface area contributed by atoms with Crippen LogP contribution in [0.15, 0.2) is 69.2 Å². The molecule has 190 valence electrons. The number of aryl methyl sites for hydroxylation is 1. The SMILES string of the molecule is CCOC(=O)c1c(-c2ccc(C)o2)csc1NC(=O)COC(=O)c1ccc(=O)n(Cc2ccccc2)n1. The maximum Gasteiger partial charge on any atom is 0.359 e. The third-order valence-corrected chi connectivity index (χ3v) is 6.01. The number of benzene rings is 1. The van der Waals surface area contributed by atoms with Gasteiger partial charge in [0.1, 0.15) is 22.1 Å². The topological polar surface area (TPSA) is 130 Å². The van der Waals surface area contributed by atoms with Gasteiger partial charge in [-0.2, -0.15) is 5.10 Å². The lowest BCUT2D eigenvalue weighted by Crippen LogP contribution is -2.27. The summed E-state index contributed by atoms with van der Waals surface area (Å²) < 4.78 is 17.0. The average Bonchev–Trinajstić information content (AvgIpc) is 3.50. The van der Waals surface area contributed by atoms with E-state index in [4.69, 9.17) is 13.9 Å². The zero-order valence-electron chi connectivity index (χ0n) is 20.1. The normalized spacial score (nSPS) is 10.6. The molecule has 1 aromatic carbocycles. The molecule has 11 heteroatoms. The summed E-state index contributed by atoms with van der Waals surface area (Å²) in [5.74, 6) is -1.04. The summed E-state index contributed by atoms with van der Waals surface area (Å²) in [6, 6.07) is 15.1. The molecule has 0 saturated carbocycles. The van der Waals surface area contributed by atoms with E-state index in [0.29, 0.717) is 17.1 Å². The molecular weight excluding hydrogens is 498 g/mol. The third-order valence-electron chi connectivity index (χ3n) is 5.11. The maximum absolute atomic E-state index is 12.6. The number of anilines is 1. The third kappa shape index (κ3) is 6.19. The van der Waals surface area contributed by atoms with Crippen LogP contribution in [0.4, 0.5) is 5.00 Å². The summed E-state index contributed by atoms with van der Waals surface area (Å²) >= 11 is 1.11. The summed E-state index contributed by atoms with van der Waals surface area (Å²) in [6.07, 6.45) is 0. The van der Waals surface area contributed by atoms with E-state index in [2.05, 4.69) is 10.4 Å². The molecule has 4 aromatic rings. The number of furan rings is 1. The number of carbonyl (C=O) groups excluding carboxylic acids is 3. The van der Waals surface area contributed by atoms with E-state index in [0.717, 1.165) is 21.6 Å². The van der Waals surface area contributed by atoms with Crippen molar-refractivity contribution in [3.8, 4) is 11.3 Å². The van der Waals surface area contributed by atoms with Crippen LogP contribution in [0, 0.1) is 6.92 Å². The molecule has 3 aromatic heterocycles. The molecule has 0 bridgehead atoms. The molecule has 1 amide bonds. The van der Waals surface area contributed by atoms with Gasteiger partial charge < -0.3 is 19.2 Å². The fraction of sp³-hybridized carbons (Fsp3) is 0.192. The first-order chi connectivity index (χ1) is 17.9. The van der Waals surface area contributed by atoms with E-state index in [1.165, 1.54) is 12.1 Å². The highest BCUT2D eigenvalue weighted by Crippen LogP contribution is 2.37. The van der Waals surface area contributed by atoms with E-state index in [1.807, 2.05) is 30.3 Å². The molecule has 37 heavy (non-hydrogen) atoms. The molecular formula is C26H23N3O7S. The number of rotatable bonds is 9. The lowest BCUT2D eigenvalue weighted by molar-refractivity contribution is -0.119. The monoisotopic (exact) mass is 521 g/mol. The van der Waals surface area contributed by atoms with E-state index >= 15 is 0 Å². The Morgan fingerprint density at radius 2 is 1.81 bits per heavy atom. The molecule has 0 fully saturated rings. The van der Waals surface area contributed by atoms with E-state index in [-0.39, 0.29) is 35.0 Å². The van der Waals surface area contributed by atoms with Gasteiger partial charge in [0.25, 0.3) is 11.5 Å². The minimum Gasteiger partial charge on any atom is -0.462 e. The summed E-state index contributed by atoms with van der Waals surface area (Å²) in [5.41, 5.74) is 0.954. The number of amides is 1. The molecule has 10 nitrogen and oxygen atoms in total. The van der Waals surface area contributed by atoms with Crippen molar-refractivity contribution in [2.24, 2.45) is 0 Å². The summed E-state index contributed by atoms with van der Waals surface area (Å²) in [6.45, 7) is 3.15. The van der Waals surface area contributed by atoms with Gasteiger partial charge in [0.2, 0.25) is 0 Å². The second-order valence-corrected chi connectivity index (χ2v) is 8.69. The fourth-order valence-electron chi connectivity index (χ4n) is 3.41. The molecule has 0 aliphatic rings. The molecule has 0 atom stereocenters. The molecule has 0 spiro atoms. The average molecular weight is 522 g/mol. The van der Waals surface area contributed by atoms with E-state index in [1.54, 1.807) is 31.4 Å². The summed E-state index contributed by atoms with van der Waals surface area (Å²) in [7, 11) is 0. The van der Waals surface area contributed by atoms with Gasteiger partial charge in [-0.15, -0.1) is 11.3 Å². The lowest BCUT2D eigenvalue weighted by Gasteiger charge is -2.09. The van der Waals surface area contributed by atoms with Crippen molar-refractivity contribution in [3.05, 3.63) is 92.9 Å². The van der Waals surface area contributed by atoms with Crippen LogP contribution in [0.3, 0.4) is 0 Å². The minimum atomic E-state index is -0.875. The van der Waals surface area contributed by atoms with Crippen molar-refractivity contribution in [1.29, 1.82) is 0 Å². The largest absolute Gasteiger partial charge is 0.462 e. The maximum atomic E-state index is 12.6. The molecule has 0 radical (unpaired) electrons. The molecule has 0 unspecified atom stereocenters. The van der Waals surface area contributed by atoms with Gasteiger partial charge in [0, 0.05) is 17.0 Å². The zero-order valence-corrected chi connectivity index (χ0v) is 20.9. The predicted octanol–water partition coefficient (Wildman–Crippen LogP) is 3.89. The van der Waals surface area contributed by atoms with E-state index < -0.39 is 24.5 Å². The molecule has 1 N–H and O–H groups in total. The number of ether oxygens (including phenoxy) is 2. The van der Waals surface area contributed by atoms with Crippen molar-refractivity contribution in [2.75, 3.05) is 18.5 Å². The number of hydrogen-bond donors (Lipinski definition) is 1. The number of nitrogens with one attached hydrogen (secondary N) is 1. The molecule has 0 aliphatic carbocycles. The van der Waals surface area contributed by atoms with Gasteiger partial charge in [-0.25, -0.2) is 14.3 Å². The number of thiophene rings is 1. The van der Waals surface area contributed by atoms with Crippen molar-refractivity contribution in [3.63, 3.8) is 0 Å². The van der Waals surface area contributed by atoms with Crippen LogP contribution in [-0.2, 0) is 20.8 Å². The number of esters is 2. The Balaban J connectivity index is 1.44. The lowest BCUT2D eigenvalue weighted by atomic mass is 10.1. The van der Waals surface area contributed by atoms with Crippen molar-refractivity contribution < 1.29 is 28.3 Å². The highest BCUT2D eigenvalue weighted by atomic mass is 32.1. The number of carbonyl (C=O) groups is 3. The quantitative estimate of drug-likeness (QED) is 0.328. The van der Waals surface area contributed by atoms with Gasteiger partial charge in [0.05, 0.1) is 13.2 Å². The van der Waals surface area contributed by atoms with E-state index in [9.17, 15) is 19.2 Å². The summed E-state index contributed by atoms with van der Waals surface area (Å²) in [4.78, 5) is 49.8. The Kier molecular flexibility index (Phi) is 7.94. The standard InChI is InChI=1S/C26H23N3O7S/c1-3-34-26(33)23-18(20-11-9-16(2)36-20)15-37-24(23)27-21(30)14-35-25(32)19-10-12-22(31)29(28-19)13-17-7-5-4-6-8-17/h4-12,15H,3,13-14H2,1-2H3,(H,27,30).